The number of benzene rings is 3. The van der Waals surface area contributed by atoms with Gasteiger partial charge in [-0.2, -0.15) is 0 Å². The molecule has 5 rings (SSSR count). The van der Waals surface area contributed by atoms with Crippen molar-refractivity contribution in [2.75, 3.05) is 0 Å². The second-order valence-corrected chi connectivity index (χ2v) is 7.22. The molecule has 1 aliphatic rings. The first kappa shape index (κ1) is 17.8. The van der Waals surface area contributed by atoms with Crippen LogP contribution in [0.2, 0.25) is 0 Å². The average Bonchev–Trinajstić information content (AvgIpc) is 3.38. The first-order chi connectivity index (χ1) is 14.6. The highest BCUT2D eigenvalue weighted by Crippen LogP contribution is 2.43. The summed E-state index contributed by atoms with van der Waals surface area (Å²) >= 11 is 0. The molecule has 0 bridgehead atoms. The zero-order chi connectivity index (χ0) is 20.7. The van der Waals surface area contributed by atoms with Gasteiger partial charge in [-0.1, -0.05) is 36.3 Å². The molecule has 3 heteroatoms. The van der Waals surface area contributed by atoms with Gasteiger partial charge in [-0.3, -0.25) is 4.79 Å². The molecule has 0 saturated carbocycles. The molecule has 0 spiro atoms. The number of aromatic amines is 1. The molecule has 0 aliphatic heterocycles. The van der Waals surface area contributed by atoms with E-state index in [4.69, 9.17) is 6.42 Å². The van der Waals surface area contributed by atoms with E-state index in [-0.39, 0.29) is 11.5 Å². The molecule has 0 amide bonds. The molecule has 0 atom stereocenters. The van der Waals surface area contributed by atoms with Gasteiger partial charge >= 0.3 is 0 Å². The highest BCUT2D eigenvalue weighted by molar-refractivity contribution is 6.45. The van der Waals surface area contributed by atoms with Crippen LogP contribution in [0, 0.1) is 12.3 Å². The third-order valence-corrected chi connectivity index (χ3v) is 5.38. The van der Waals surface area contributed by atoms with E-state index in [0.29, 0.717) is 5.57 Å². The lowest BCUT2D eigenvalue weighted by Gasteiger charge is -2.13. The molecule has 1 aliphatic carbocycles. The number of rotatable bonds is 3. The van der Waals surface area contributed by atoms with Crippen LogP contribution in [0.15, 0.2) is 85.1 Å². The Morgan fingerprint density at radius 1 is 0.833 bits per heavy atom. The molecule has 2 N–H and O–H groups in total. The number of allylic oxidation sites excluding steroid dienone is 4. The smallest absolute Gasteiger partial charge is 0.187 e. The Kier molecular flexibility index (Phi) is 4.12. The fourth-order valence-corrected chi connectivity index (χ4v) is 3.96. The van der Waals surface area contributed by atoms with Crippen molar-refractivity contribution in [3.8, 4) is 18.1 Å². The van der Waals surface area contributed by atoms with Gasteiger partial charge in [0.05, 0.1) is 0 Å². The molecular weight excluding hydrogens is 370 g/mol. The van der Waals surface area contributed by atoms with Gasteiger partial charge in [0.15, 0.2) is 5.78 Å². The summed E-state index contributed by atoms with van der Waals surface area (Å²) in [6.45, 7) is 0. The molecule has 142 valence electrons. The third-order valence-electron chi connectivity index (χ3n) is 5.38. The van der Waals surface area contributed by atoms with Crippen molar-refractivity contribution in [3.63, 3.8) is 0 Å². The fourth-order valence-electron chi connectivity index (χ4n) is 3.96. The predicted octanol–water partition coefficient (Wildman–Crippen LogP) is 5.43. The zero-order valence-electron chi connectivity index (χ0n) is 16.0. The quantitative estimate of drug-likeness (QED) is 0.461. The van der Waals surface area contributed by atoms with Gasteiger partial charge < -0.3 is 10.1 Å². The molecule has 3 nitrogen and oxygen atoms in total. The van der Waals surface area contributed by atoms with Crippen LogP contribution >= 0.6 is 0 Å². The minimum Gasteiger partial charge on any atom is -0.508 e. The molecular formula is C27H17NO2. The summed E-state index contributed by atoms with van der Waals surface area (Å²) in [5.41, 5.74) is 6.74. The van der Waals surface area contributed by atoms with Gasteiger partial charge in [0.1, 0.15) is 5.75 Å². The first-order valence-electron chi connectivity index (χ1n) is 9.59. The van der Waals surface area contributed by atoms with Crippen molar-refractivity contribution in [3.05, 3.63) is 107 Å². The van der Waals surface area contributed by atoms with Gasteiger partial charge in [0.25, 0.3) is 0 Å². The number of aromatic hydroxyl groups is 1. The highest BCUT2D eigenvalue weighted by atomic mass is 16.3. The molecule has 0 radical (unpaired) electrons. The van der Waals surface area contributed by atoms with E-state index in [1.165, 1.54) is 0 Å². The summed E-state index contributed by atoms with van der Waals surface area (Å²) in [5, 5.41) is 10.8. The summed E-state index contributed by atoms with van der Waals surface area (Å²) in [6, 6.07) is 22.5. The molecule has 1 heterocycles. The van der Waals surface area contributed by atoms with E-state index in [9.17, 15) is 9.90 Å². The van der Waals surface area contributed by atoms with E-state index < -0.39 is 0 Å². The summed E-state index contributed by atoms with van der Waals surface area (Å²) in [4.78, 5) is 16.4. The fraction of sp³-hybridized carbons (Fsp3) is 0. The van der Waals surface area contributed by atoms with Crippen molar-refractivity contribution in [1.82, 2.24) is 4.98 Å². The van der Waals surface area contributed by atoms with Crippen LogP contribution in [-0.2, 0) is 4.79 Å². The van der Waals surface area contributed by atoms with E-state index in [1.807, 2.05) is 48.7 Å². The summed E-state index contributed by atoms with van der Waals surface area (Å²) in [7, 11) is 0. The number of phenolic OH excluding ortho intramolecular Hbond substituents is 1. The minimum atomic E-state index is -0.0639. The Balaban J connectivity index is 1.78. The van der Waals surface area contributed by atoms with Crippen LogP contribution in [0.1, 0.15) is 22.3 Å². The number of carbonyl (C=O) groups is 1. The van der Waals surface area contributed by atoms with Crippen LogP contribution in [0.25, 0.3) is 27.6 Å². The Labute approximate surface area is 174 Å². The maximum absolute atomic E-state index is 13.2. The maximum atomic E-state index is 13.2. The van der Waals surface area contributed by atoms with Crippen molar-refractivity contribution in [2.24, 2.45) is 0 Å². The number of nitrogens with one attached hydrogen (secondary N) is 1. The first-order valence-corrected chi connectivity index (χ1v) is 9.59. The van der Waals surface area contributed by atoms with E-state index in [1.54, 1.807) is 30.3 Å². The number of terminal acetylenes is 1. The number of aromatic nitrogens is 1. The summed E-state index contributed by atoms with van der Waals surface area (Å²) in [6.07, 6.45) is 9.17. The minimum absolute atomic E-state index is 0.0639. The molecule has 4 aromatic rings. The zero-order valence-corrected chi connectivity index (χ0v) is 16.0. The normalized spacial score (nSPS) is 13.6. The number of H-pyrrole nitrogens is 1. The Morgan fingerprint density at radius 2 is 1.63 bits per heavy atom. The van der Waals surface area contributed by atoms with Gasteiger partial charge in [-0.05, 0) is 76.2 Å². The molecule has 0 saturated heterocycles. The van der Waals surface area contributed by atoms with Gasteiger partial charge in [-0.15, -0.1) is 6.42 Å². The van der Waals surface area contributed by atoms with Gasteiger partial charge in [0.2, 0.25) is 0 Å². The van der Waals surface area contributed by atoms with Crippen LogP contribution in [0.4, 0.5) is 0 Å². The largest absolute Gasteiger partial charge is 0.508 e. The second kappa shape index (κ2) is 6.95. The van der Waals surface area contributed by atoms with Gasteiger partial charge in [0, 0.05) is 28.4 Å². The van der Waals surface area contributed by atoms with E-state index >= 15 is 0 Å². The lowest BCUT2D eigenvalue weighted by atomic mass is 9.89. The van der Waals surface area contributed by atoms with E-state index in [0.717, 1.165) is 44.3 Å². The Morgan fingerprint density at radius 3 is 2.43 bits per heavy atom. The van der Waals surface area contributed by atoms with E-state index in [2.05, 4.69) is 17.0 Å². The monoisotopic (exact) mass is 387 g/mol. The number of ketones is 1. The van der Waals surface area contributed by atoms with Crippen LogP contribution in [-0.4, -0.2) is 15.9 Å². The summed E-state index contributed by atoms with van der Waals surface area (Å²) in [5.74, 6) is 2.76. The number of fused-ring (bicyclic) bond motifs is 1. The van der Waals surface area contributed by atoms with Crippen molar-refractivity contribution >= 4 is 33.4 Å². The third kappa shape index (κ3) is 2.92. The average molecular weight is 387 g/mol. The molecule has 1 aromatic heterocycles. The molecule has 30 heavy (non-hydrogen) atoms. The lowest BCUT2D eigenvalue weighted by Crippen LogP contribution is -1.96. The summed E-state index contributed by atoms with van der Waals surface area (Å²) < 4.78 is 0. The van der Waals surface area contributed by atoms with Crippen molar-refractivity contribution < 1.29 is 9.90 Å². The molecule has 0 fully saturated rings. The van der Waals surface area contributed by atoms with Crippen LogP contribution < -0.4 is 0 Å². The number of hydrogen-bond donors (Lipinski definition) is 2. The number of phenols is 1. The Hall–Kier alpha value is -4.29. The highest BCUT2D eigenvalue weighted by Gasteiger charge is 2.28. The van der Waals surface area contributed by atoms with Crippen molar-refractivity contribution in [2.45, 2.75) is 0 Å². The van der Waals surface area contributed by atoms with Gasteiger partial charge in [-0.25, -0.2) is 0 Å². The maximum Gasteiger partial charge on any atom is 0.187 e. The second-order valence-electron chi connectivity index (χ2n) is 7.22. The Bertz CT molecular complexity index is 1410. The molecule has 0 unspecified atom stereocenters. The van der Waals surface area contributed by atoms with Crippen LogP contribution in [0.5, 0.6) is 5.75 Å². The standard InChI is InChI=1S/C27H17NO2/c1-2-17-4-3-5-19(14-17)23-16-25(30)27(18-6-9-22(29)10-7-18)26(23)21-8-11-24-20(15-21)12-13-28-24/h1,3-16,28-29H. The SMILES string of the molecule is C#Cc1cccc(C2=CC(=O)C(c3ccc(O)cc3)=C2c2ccc3[nH]ccc3c2)c1. The lowest BCUT2D eigenvalue weighted by molar-refractivity contribution is -0.109. The predicted molar refractivity (Wildman–Crippen MR) is 121 cm³/mol. The number of hydrogen-bond acceptors (Lipinski definition) is 2. The molecule has 3 aromatic carbocycles. The number of carbonyl (C=O) groups excluding carboxylic acids is 1. The van der Waals surface area contributed by atoms with Crippen LogP contribution in [0.3, 0.4) is 0 Å². The van der Waals surface area contributed by atoms with Crippen molar-refractivity contribution in [1.29, 1.82) is 0 Å². The topological polar surface area (TPSA) is 53.1 Å².